The third kappa shape index (κ3) is 2.78. The first-order chi connectivity index (χ1) is 10.1. The van der Waals surface area contributed by atoms with Crippen molar-refractivity contribution in [3.05, 3.63) is 52.8 Å². The highest BCUT2D eigenvalue weighted by Crippen LogP contribution is 2.19. The van der Waals surface area contributed by atoms with E-state index in [2.05, 4.69) is 20.6 Å². The summed E-state index contributed by atoms with van der Waals surface area (Å²) in [6, 6.07) is 10.6. The standard InChI is InChI=1S/C13H10ClF2N5/c14-9-4-2-1-3-8(9)7-17-10-5-6-11-18-19-13(12(15)16)21(11)20-10/h1-6,12H,7H2,(H,17,20). The quantitative estimate of drug-likeness (QED) is 0.803. The number of halogens is 3. The van der Waals surface area contributed by atoms with Crippen molar-refractivity contribution in [2.45, 2.75) is 13.0 Å². The highest BCUT2D eigenvalue weighted by molar-refractivity contribution is 6.31. The van der Waals surface area contributed by atoms with E-state index >= 15 is 0 Å². The topological polar surface area (TPSA) is 55.1 Å². The van der Waals surface area contributed by atoms with Crippen LogP contribution in [0.15, 0.2) is 36.4 Å². The van der Waals surface area contributed by atoms with Gasteiger partial charge in [0.25, 0.3) is 6.43 Å². The number of nitrogens with zero attached hydrogens (tertiary/aromatic N) is 4. The number of nitrogens with one attached hydrogen (secondary N) is 1. The van der Waals surface area contributed by atoms with Crippen molar-refractivity contribution in [3.8, 4) is 0 Å². The molecule has 0 saturated heterocycles. The van der Waals surface area contributed by atoms with Crippen LogP contribution >= 0.6 is 11.6 Å². The normalized spacial score (nSPS) is 11.2. The second-order valence-corrected chi connectivity index (χ2v) is 4.70. The van der Waals surface area contributed by atoms with Gasteiger partial charge in [0, 0.05) is 11.6 Å². The first kappa shape index (κ1) is 13.7. The van der Waals surface area contributed by atoms with Gasteiger partial charge in [-0.2, -0.15) is 4.52 Å². The maximum Gasteiger partial charge on any atom is 0.299 e. The van der Waals surface area contributed by atoms with Crippen LogP contribution in [0.2, 0.25) is 5.02 Å². The summed E-state index contributed by atoms with van der Waals surface area (Å²) in [5.41, 5.74) is 1.16. The van der Waals surface area contributed by atoms with Crippen LogP contribution < -0.4 is 5.32 Å². The number of benzene rings is 1. The summed E-state index contributed by atoms with van der Waals surface area (Å²) in [6.07, 6.45) is -2.73. The van der Waals surface area contributed by atoms with Crippen LogP contribution in [0.4, 0.5) is 14.6 Å². The number of aromatic nitrogens is 4. The van der Waals surface area contributed by atoms with Gasteiger partial charge in [-0.1, -0.05) is 29.8 Å². The van der Waals surface area contributed by atoms with Crippen molar-refractivity contribution in [1.82, 2.24) is 19.8 Å². The fraction of sp³-hybridized carbons (Fsp3) is 0.154. The molecule has 0 unspecified atom stereocenters. The van der Waals surface area contributed by atoms with Gasteiger partial charge >= 0.3 is 0 Å². The van der Waals surface area contributed by atoms with Gasteiger partial charge in [-0.15, -0.1) is 15.3 Å². The van der Waals surface area contributed by atoms with Crippen molar-refractivity contribution in [2.24, 2.45) is 0 Å². The summed E-state index contributed by atoms with van der Waals surface area (Å²) in [7, 11) is 0. The van der Waals surface area contributed by atoms with Crippen LogP contribution in [-0.2, 0) is 6.54 Å². The number of anilines is 1. The molecule has 0 aliphatic heterocycles. The van der Waals surface area contributed by atoms with Gasteiger partial charge in [0.2, 0.25) is 5.82 Å². The minimum absolute atomic E-state index is 0.272. The Labute approximate surface area is 123 Å². The fourth-order valence-corrected chi connectivity index (χ4v) is 2.07. The van der Waals surface area contributed by atoms with Crippen LogP contribution in [0.1, 0.15) is 17.8 Å². The van der Waals surface area contributed by atoms with E-state index in [1.54, 1.807) is 18.2 Å². The van der Waals surface area contributed by atoms with Crippen molar-refractivity contribution in [1.29, 1.82) is 0 Å². The van der Waals surface area contributed by atoms with E-state index in [1.165, 1.54) is 0 Å². The highest BCUT2D eigenvalue weighted by Gasteiger charge is 2.16. The summed E-state index contributed by atoms with van der Waals surface area (Å²) in [5, 5.41) is 14.8. The SMILES string of the molecule is FC(F)c1nnc2ccc(NCc3ccccc3Cl)nn12. The van der Waals surface area contributed by atoms with Crippen molar-refractivity contribution in [2.75, 3.05) is 5.32 Å². The molecule has 0 aliphatic rings. The predicted octanol–water partition coefficient (Wildman–Crippen LogP) is 3.33. The summed E-state index contributed by atoms with van der Waals surface area (Å²) >= 11 is 6.05. The van der Waals surface area contributed by atoms with Crippen molar-refractivity contribution in [3.63, 3.8) is 0 Å². The number of alkyl halides is 2. The number of rotatable bonds is 4. The lowest BCUT2D eigenvalue weighted by Gasteiger charge is -2.07. The molecule has 3 rings (SSSR count). The number of hydrogen-bond acceptors (Lipinski definition) is 4. The molecule has 1 aromatic carbocycles. The maximum atomic E-state index is 12.8. The molecule has 0 amide bonds. The van der Waals surface area contributed by atoms with Crippen LogP contribution in [0.5, 0.6) is 0 Å². The Morgan fingerprint density at radius 3 is 2.71 bits per heavy atom. The zero-order valence-electron chi connectivity index (χ0n) is 10.7. The first-order valence-electron chi connectivity index (χ1n) is 6.13. The fourth-order valence-electron chi connectivity index (χ4n) is 1.86. The minimum Gasteiger partial charge on any atom is -0.364 e. The Kier molecular flexibility index (Phi) is 3.66. The lowest BCUT2D eigenvalue weighted by Crippen LogP contribution is -2.06. The van der Waals surface area contributed by atoms with E-state index in [9.17, 15) is 8.78 Å². The van der Waals surface area contributed by atoms with E-state index in [0.29, 0.717) is 17.4 Å². The monoisotopic (exact) mass is 309 g/mol. The molecule has 21 heavy (non-hydrogen) atoms. The Hall–Kier alpha value is -2.28. The molecule has 2 aromatic heterocycles. The first-order valence-corrected chi connectivity index (χ1v) is 6.51. The minimum atomic E-state index is -2.73. The number of fused-ring (bicyclic) bond motifs is 1. The largest absolute Gasteiger partial charge is 0.364 e. The maximum absolute atomic E-state index is 12.8. The van der Waals surface area contributed by atoms with E-state index in [1.807, 2.05) is 18.2 Å². The van der Waals surface area contributed by atoms with Crippen molar-refractivity contribution >= 4 is 23.1 Å². The van der Waals surface area contributed by atoms with Gasteiger partial charge in [-0.25, -0.2) is 8.78 Å². The second-order valence-electron chi connectivity index (χ2n) is 4.29. The molecule has 0 spiro atoms. The van der Waals surface area contributed by atoms with Crippen molar-refractivity contribution < 1.29 is 8.78 Å². The molecule has 0 fully saturated rings. The third-order valence-corrected chi connectivity index (χ3v) is 3.27. The second kappa shape index (κ2) is 5.61. The van der Waals surface area contributed by atoms with E-state index in [4.69, 9.17) is 11.6 Å². The van der Waals surface area contributed by atoms with Crippen LogP contribution in [0, 0.1) is 0 Å². The van der Waals surface area contributed by atoms with Crippen LogP contribution in [0.3, 0.4) is 0 Å². The molecule has 2 heterocycles. The van der Waals surface area contributed by atoms with Gasteiger partial charge < -0.3 is 5.32 Å². The van der Waals surface area contributed by atoms with E-state index < -0.39 is 12.2 Å². The average molecular weight is 310 g/mol. The Bertz CT molecular complexity index is 774. The average Bonchev–Trinajstić information content (AvgIpc) is 2.89. The molecule has 0 bridgehead atoms. The lowest BCUT2D eigenvalue weighted by atomic mass is 10.2. The van der Waals surface area contributed by atoms with Gasteiger partial charge in [0.15, 0.2) is 5.65 Å². The molecule has 8 heteroatoms. The lowest BCUT2D eigenvalue weighted by molar-refractivity contribution is 0.137. The Morgan fingerprint density at radius 1 is 1.14 bits per heavy atom. The summed E-state index contributed by atoms with van der Waals surface area (Å²) in [6.45, 7) is 0.435. The van der Waals surface area contributed by atoms with Gasteiger partial charge in [-0.05, 0) is 23.8 Å². The Morgan fingerprint density at radius 2 is 1.95 bits per heavy atom. The molecular weight excluding hydrogens is 300 g/mol. The molecular formula is C13H10ClF2N5. The van der Waals surface area contributed by atoms with Crippen LogP contribution in [0.25, 0.3) is 5.65 Å². The van der Waals surface area contributed by atoms with E-state index in [-0.39, 0.29) is 5.65 Å². The molecule has 0 atom stereocenters. The smallest absolute Gasteiger partial charge is 0.299 e. The number of hydrogen-bond donors (Lipinski definition) is 1. The van der Waals surface area contributed by atoms with Gasteiger partial charge in [0.1, 0.15) is 5.82 Å². The van der Waals surface area contributed by atoms with E-state index in [0.717, 1.165) is 10.1 Å². The van der Waals surface area contributed by atoms with Gasteiger partial charge in [0.05, 0.1) is 0 Å². The highest BCUT2D eigenvalue weighted by atomic mass is 35.5. The molecule has 0 aliphatic carbocycles. The Balaban J connectivity index is 1.84. The van der Waals surface area contributed by atoms with Gasteiger partial charge in [-0.3, -0.25) is 0 Å². The summed E-state index contributed by atoms with van der Waals surface area (Å²) in [4.78, 5) is 0. The molecule has 0 radical (unpaired) electrons. The predicted molar refractivity (Wildman–Crippen MR) is 74.5 cm³/mol. The molecule has 3 aromatic rings. The zero-order valence-corrected chi connectivity index (χ0v) is 11.4. The summed E-state index contributed by atoms with van der Waals surface area (Å²) < 4.78 is 26.6. The molecule has 108 valence electrons. The molecule has 0 saturated carbocycles. The van der Waals surface area contributed by atoms with Crippen LogP contribution in [-0.4, -0.2) is 19.8 Å². The third-order valence-electron chi connectivity index (χ3n) is 2.90. The summed E-state index contributed by atoms with van der Waals surface area (Å²) in [5.74, 6) is -0.0458. The zero-order chi connectivity index (χ0) is 14.8. The molecule has 5 nitrogen and oxygen atoms in total. The molecule has 1 N–H and O–H groups in total.